The van der Waals surface area contributed by atoms with E-state index in [4.69, 9.17) is 16.7 Å². The molecule has 0 aliphatic heterocycles. The Bertz CT molecular complexity index is 413. The molecule has 2 nitrogen and oxygen atoms in total. The fraction of sp³-hybridized carbons (Fsp3) is 0.462. The summed E-state index contributed by atoms with van der Waals surface area (Å²) in [5.41, 5.74) is 3.68. The zero-order valence-corrected chi connectivity index (χ0v) is 9.89. The summed E-state index contributed by atoms with van der Waals surface area (Å²) in [7, 11) is 0. The fourth-order valence-electron chi connectivity index (χ4n) is 2.24. The molecule has 1 aliphatic carbocycles. The Hall–Kier alpha value is -1.02. The van der Waals surface area contributed by atoms with Gasteiger partial charge in [-0.3, -0.25) is 4.79 Å². The summed E-state index contributed by atoms with van der Waals surface area (Å²) < 4.78 is 0. The molecule has 0 amide bonds. The van der Waals surface area contributed by atoms with Gasteiger partial charge in [0.15, 0.2) is 0 Å². The van der Waals surface area contributed by atoms with E-state index in [0.717, 1.165) is 23.4 Å². The minimum absolute atomic E-state index is 0.151. The summed E-state index contributed by atoms with van der Waals surface area (Å²) >= 11 is 6.15. The van der Waals surface area contributed by atoms with Crippen molar-refractivity contribution >= 4 is 17.6 Å². The lowest BCUT2D eigenvalue weighted by Gasteiger charge is -2.17. The van der Waals surface area contributed by atoms with Gasteiger partial charge in [-0.25, -0.2) is 0 Å². The van der Waals surface area contributed by atoms with Crippen LogP contribution in [-0.2, 0) is 24.1 Å². The van der Waals surface area contributed by atoms with Crippen LogP contribution in [0, 0.1) is 0 Å². The minimum Gasteiger partial charge on any atom is -0.481 e. The second-order valence-electron chi connectivity index (χ2n) is 4.31. The van der Waals surface area contributed by atoms with Crippen molar-refractivity contribution in [2.24, 2.45) is 0 Å². The smallest absolute Gasteiger partial charge is 0.303 e. The van der Waals surface area contributed by atoms with Gasteiger partial charge in [0, 0.05) is 11.4 Å². The number of benzene rings is 1. The van der Waals surface area contributed by atoms with E-state index in [0.29, 0.717) is 6.42 Å². The highest BCUT2D eigenvalue weighted by Gasteiger charge is 2.13. The Morgan fingerprint density at radius 2 is 1.88 bits per heavy atom. The van der Waals surface area contributed by atoms with E-state index in [1.165, 1.54) is 24.0 Å². The van der Waals surface area contributed by atoms with Gasteiger partial charge in [0.1, 0.15) is 0 Å². The first-order chi connectivity index (χ1) is 7.66. The molecule has 0 fully saturated rings. The standard InChI is InChI=1S/C13H15ClO2/c14-12-8-10-4-2-1-3-9(10)7-11(12)5-6-13(15)16/h7-8H,1-6H2,(H,15,16). The van der Waals surface area contributed by atoms with Crippen LogP contribution in [0.5, 0.6) is 0 Å². The first-order valence-corrected chi connectivity index (χ1v) is 6.06. The van der Waals surface area contributed by atoms with E-state index in [9.17, 15) is 4.79 Å². The van der Waals surface area contributed by atoms with Crippen LogP contribution in [0.2, 0.25) is 5.02 Å². The number of carboxylic acid groups (broad SMARTS) is 1. The first kappa shape index (κ1) is 11.5. The number of aliphatic carboxylic acids is 1. The van der Waals surface area contributed by atoms with E-state index in [1.54, 1.807) is 0 Å². The SMILES string of the molecule is O=C(O)CCc1cc2c(cc1Cl)CCCC2. The molecule has 1 N–H and O–H groups in total. The van der Waals surface area contributed by atoms with Crippen LogP contribution in [0.15, 0.2) is 12.1 Å². The van der Waals surface area contributed by atoms with Gasteiger partial charge in [0.2, 0.25) is 0 Å². The molecule has 0 radical (unpaired) electrons. The van der Waals surface area contributed by atoms with Gasteiger partial charge in [-0.05, 0) is 54.9 Å². The monoisotopic (exact) mass is 238 g/mol. The molecule has 86 valence electrons. The van der Waals surface area contributed by atoms with Gasteiger partial charge in [0.05, 0.1) is 0 Å². The van der Waals surface area contributed by atoms with Crippen LogP contribution in [0.25, 0.3) is 0 Å². The third kappa shape index (κ3) is 2.56. The molecule has 0 spiro atoms. The van der Waals surface area contributed by atoms with Crippen molar-refractivity contribution in [2.75, 3.05) is 0 Å². The summed E-state index contributed by atoms with van der Waals surface area (Å²) in [4.78, 5) is 10.5. The van der Waals surface area contributed by atoms with Crippen molar-refractivity contribution in [3.05, 3.63) is 33.8 Å². The molecule has 1 aromatic rings. The number of aryl methyl sites for hydroxylation is 3. The third-order valence-electron chi connectivity index (χ3n) is 3.12. The highest BCUT2D eigenvalue weighted by Crippen LogP contribution is 2.28. The lowest BCUT2D eigenvalue weighted by molar-refractivity contribution is -0.136. The van der Waals surface area contributed by atoms with Crippen molar-refractivity contribution in [1.29, 1.82) is 0 Å². The van der Waals surface area contributed by atoms with E-state index < -0.39 is 5.97 Å². The highest BCUT2D eigenvalue weighted by molar-refractivity contribution is 6.31. The second-order valence-corrected chi connectivity index (χ2v) is 4.72. The molecule has 0 aromatic heterocycles. The topological polar surface area (TPSA) is 37.3 Å². The molecule has 0 heterocycles. The van der Waals surface area contributed by atoms with Crippen molar-refractivity contribution in [1.82, 2.24) is 0 Å². The molecule has 3 heteroatoms. The first-order valence-electron chi connectivity index (χ1n) is 5.69. The maximum Gasteiger partial charge on any atom is 0.303 e. The van der Waals surface area contributed by atoms with Crippen LogP contribution < -0.4 is 0 Å². The average molecular weight is 239 g/mol. The summed E-state index contributed by atoms with van der Waals surface area (Å²) in [6.07, 6.45) is 5.35. The Labute approximate surface area is 100 Å². The van der Waals surface area contributed by atoms with Gasteiger partial charge in [0.25, 0.3) is 0 Å². The summed E-state index contributed by atoms with van der Waals surface area (Å²) in [5, 5.41) is 9.39. The number of halogens is 1. The van der Waals surface area contributed by atoms with Crippen LogP contribution >= 0.6 is 11.6 Å². The number of carboxylic acids is 1. The zero-order chi connectivity index (χ0) is 11.5. The molecule has 1 aliphatic rings. The van der Waals surface area contributed by atoms with E-state index in [2.05, 4.69) is 6.07 Å². The number of fused-ring (bicyclic) bond motifs is 1. The molecule has 0 saturated heterocycles. The van der Waals surface area contributed by atoms with Crippen LogP contribution in [0.1, 0.15) is 36.0 Å². The zero-order valence-electron chi connectivity index (χ0n) is 9.13. The molecule has 1 aromatic carbocycles. The third-order valence-corrected chi connectivity index (χ3v) is 3.47. The molecule has 2 rings (SSSR count). The molecular formula is C13H15ClO2. The Balaban J connectivity index is 2.21. The summed E-state index contributed by atoms with van der Waals surface area (Å²) in [6.45, 7) is 0. The highest BCUT2D eigenvalue weighted by atomic mass is 35.5. The minimum atomic E-state index is -0.770. The molecule has 16 heavy (non-hydrogen) atoms. The maximum atomic E-state index is 10.5. The normalized spacial score (nSPS) is 14.6. The Kier molecular flexibility index (Phi) is 3.49. The number of carbonyl (C=O) groups is 1. The Morgan fingerprint density at radius 1 is 1.25 bits per heavy atom. The van der Waals surface area contributed by atoms with Gasteiger partial charge < -0.3 is 5.11 Å². The predicted molar refractivity (Wildman–Crippen MR) is 64.1 cm³/mol. The average Bonchev–Trinajstić information content (AvgIpc) is 2.26. The van der Waals surface area contributed by atoms with E-state index in [1.807, 2.05) is 6.07 Å². The quantitative estimate of drug-likeness (QED) is 0.878. The van der Waals surface area contributed by atoms with Gasteiger partial charge >= 0.3 is 5.97 Å². The molecular weight excluding hydrogens is 224 g/mol. The van der Waals surface area contributed by atoms with Gasteiger partial charge in [-0.15, -0.1) is 0 Å². The van der Waals surface area contributed by atoms with Crippen LogP contribution in [0.4, 0.5) is 0 Å². The van der Waals surface area contributed by atoms with Gasteiger partial charge in [-0.2, -0.15) is 0 Å². The largest absolute Gasteiger partial charge is 0.481 e. The molecule has 0 atom stereocenters. The van der Waals surface area contributed by atoms with Crippen molar-refractivity contribution < 1.29 is 9.90 Å². The van der Waals surface area contributed by atoms with Crippen LogP contribution in [-0.4, -0.2) is 11.1 Å². The molecule has 0 saturated carbocycles. The van der Waals surface area contributed by atoms with E-state index >= 15 is 0 Å². The summed E-state index contributed by atoms with van der Waals surface area (Å²) in [5.74, 6) is -0.770. The van der Waals surface area contributed by atoms with Crippen molar-refractivity contribution in [3.63, 3.8) is 0 Å². The second kappa shape index (κ2) is 4.88. The molecule has 0 bridgehead atoms. The van der Waals surface area contributed by atoms with Crippen molar-refractivity contribution in [3.8, 4) is 0 Å². The Morgan fingerprint density at radius 3 is 2.50 bits per heavy atom. The predicted octanol–water partition coefficient (Wildman–Crippen LogP) is 3.24. The molecule has 0 unspecified atom stereocenters. The lowest BCUT2D eigenvalue weighted by Crippen LogP contribution is -2.05. The maximum absolute atomic E-state index is 10.5. The lowest BCUT2D eigenvalue weighted by atomic mass is 9.89. The number of hydrogen-bond donors (Lipinski definition) is 1. The van der Waals surface area contributed by atoms with Crippen molar-refractivity contribution in [2.45, 2.75) is 38.5 Å². The fourth-order valence-corrected chi connectivity index (χ4v) is 2.52. The van der Waals surface area contributed by atoms with Crippen LogP contribution in [0.3, 0.4) is 0 Å². The number of hydrogen-bond acceptors (Lipinski definition) is 1. The summed E-state index contributed by atoms with van der Waals surface area (Å²) in [6, 6.07) is 4.12. The van der Waals surface area contributed by atoms with E-state index in [-0.39, 0.29) is 6.42 Å². The number of rotatable bonds is 3. The van der Waals surface area contributed by atoms with Gasteiger partial charge in [-0.1, -0.05) is 17.7 Å².